The zero-order valence-corrected chi connectivity index (χ0v) is 11.6. The number of ether oxygens (including phenoxy) is 1. The van der Waals surface area contributed by atoms with E-state index < -0.39 is 34.3 Å². The number of benzene rings is 1. The summed E-state index contributed by atoms with van der Waals surface area (Å²) in [5.41, 5.74) is -0.367. The van der Waals surface area contributed by atoms with Gasteiger partial charge >= 0.3 is 12.1 Å². The highest BCUT2D eigenvalue weighted by atomic mass is 32.2. The van der Waals surface area contributed by atoms with Crippen molar-refractivity contribution in [3.63, 3.8) is 0 Å². The first-order valence-corrected chi connectivity index (χ1v) is 7.48. The predicted octanol–water partition coefficient (Wildman–Crippen LogP) is 2.13. The van der Waals surface area contributed by atoms with Gasteiger partial charge in [0.1, 0.15) is 6.61 Å². The van der Waals surface area contributed by atoms with E-state index in [1.807, 2.05) is 0 Å². The van der Waals surface area contributed by atoms with E-state index in [0.717, 1.165) is 12.1 Å². The first-order chi connectivity index (χ1) is 9.63. The maximum absolute atomic E-state index is 12.0. The van der Waals surface area contributed by atoms with E-state index in [9.17, 15) is 26.4 Å². The van der Waals surface area contributed by atoms with Gasteiger partial charge in [0.25, 0.3) is 0 Å². The SMILES string of the molecule is O=C(O)c1ccccc1S(=O)(=O)CCCOCC(F)(F)F. The molecule has 0 heterocycles. The average Bonchev–Trinajstić information content (AvgIpc) is 2.36. The third-order valence-electron chi connectivity index (χ3n) is 2.42. The number of rotatable bonds is 7. The molecule has 118 valence electrons. The molecule has 0 bridgehead atoms. The van der Waals surface area contributed by atoms with Crippen LogP contribution in [0.1, 0.15) is 16.8 Å². The summed E-state index contributed by atoms with van der Waals surface area (Å²) in [4.78, 5) is 10.6. The highest BCUT2D eigenvalue weighted by Gasteiger charge is 2.27. The van der Waals surface area contributed by atoms with Gasteiger partial charge in [0.2, 0.25) is 0 Å². The molecule has 0 aliphatic heterocycles. The van der Waals surface area contributed by atoms with Crippen molar-refractivity contribution in [3.8, 4) is 0 Å². The Morgan fingerprint density at radius 1 is 1.24 bits per heavy atom. The van der Waals surface area contributed by atoms with Crippen LogP contribution in [0.25, 0.3) is 0 Å². The lowest BCUT2D eigenvalue weighted by Gasteiger charge is -2.09. The Kier molecular flexibility index (Phi) is 5.73. The minimum atomic E-state index is -4.46. The lowest BCUT2D eigenvalue weighted by atomic mass is 10.2. The molecule has 1 aromatic carbocycles. The van der Waals surface area contributed by atoms with Crippen molar-refractivity contribution in [1.82, 2.24) is 0 Å². The van der Waals surface area contributed by atoms with Crippen LogP contribution in [0.5, 0.6) is 0 Å². The van der Waals surface area contributed by atoms with Crippen molar-refractivity contribution in [2.45, 2.75) is 17.5 Å². The number of carboxylic acid groups (broad SMARTS) is 1. The van der Waals surface area contributed by atoms with Gasteiger partial charge in [-0.1, -0.05) is 12.1 Å². The number of sulfone groups is 1. The molecule has 0 spiro atoms. The van der Waals surface area contributed by atoms with Crippen molar-refractivity contribution in [1.29, 1.82) is 0 Å². The highest BCUT2D eigenvalue weighted by Crippen LogP contribution is 2.18. The fourth-order valence-corrected chi connectivity index (χ4v) is 3.06. The molecule has 0 aliphatic rings. The smallest absolute Gasteiger partial charge is 0.411 e. The van der Waals surface area contributed by atoms with Crippen LogP contribution < -0.4 is 0 Å². The minimum Gasteiger partial charge on any atom is -0.478 e. The Balaban J connectivity index is 2.65. The van der Waals surface area contributed by atoms with E-state index >= 15 is 0 Å². The Bertz CT molecular complexity index is 595. The molecule has 1 N–H and O–H groups in total. The van der Waals surface area contributed by atoms with Gasteiger partial charge in [-0.05, 0) is 18.6 Å². The van der Waals surface area contributed by atoms with E-state index in [1.165, 1.54) is 12.1 Å². The maximum atomic E-state index is 12.0. The monoisotopic (exact) mass is 326 g/mol. The zero-order valence-electron chi connectivity index (χ0n) is 10.8. The van der Waals surface area contributed by atoms with Crippen molar-refractivity contribution in [3.05, 3.63) is 29.8 Å². The third kappa shape index (κ3) is 5.72. The minimum absolute atomic E-state index is 0.160. The maximum Gasteiger partial charge on any atom is 0.411 e. The van der Waals surface area contributed by atoms with Crippen LogP contribution in [0.3, 0.4) is 0 Å². The second-order valence-electron chi connectivity index (χ2n) is 4.14. The van der Waals surface area contributed by atoms with Crippen molar-refractivity contribution in [2.75, 3.05) is 19.0 Å². The normalized spacial score (nSPS) is 12.3. The molecule has 0 radical (unpaired) electrons. The zero-order chi connectivity index (χ0) is 16.1. The van der Waals surface area contributed by atoms with Gasteiger partial charge in [-0.15, -0.1) is 0 Å². The number of alkyl halides is 3. The van der Waals surface area contributed by atoms with E-state index in [-0.39, 0.29) is 23.5 Å². The molecule has 0 aliphatic carbocycles. The fourth-order valence-electron chi connectivity index (χ4n) is 1.56. The molecule has 0 atom stereocenters. The molecule has 0 aromatic heterocycles. The number of carbonyl (C=O) groups is 1. The molecule has 0 saturated carbocycles. The van der Waals surface area contributed by atoms with Crippen LogP contribution >= 0.6 is 0 Å². The molecule has 9 heteroatoms. The second-order valence-corrected chi connectivity index (χ2v) is 6.22. The van der Waals surface area contributed by atoms with Gasteiger partial charge in [0, 0.05) is 6.61 Å². The van der Waals surface area contributed by atoms with Gasteiger partial charge in [0.15, 0.2) is 9.84 Å². The van der Waals surface area contributed by atoms with Crippen LogP contribution in [0.15, 0.2) is 29.2 Å². The molecule has 0 saturated heterocycles. The topological polar surface area (TPSA) is 80.7 Å². The Morgan fingerprint density at radius 2 is 1.86 bits per heavy atom. The Labute approximate surface area is 119 Å². The molecule has 0 amide bonds. The Morgan fingerprint density at radius 3 is 2.43 bits per heavy atom. The number of hydrogen-bond donors (Lipinski definition) is 1. The highest BCUT2D eigenvalue weighted by molar-refractivity contribution is 7.91. The van der Waals surface area contributed by atoms with E-state index in [4.69, 9.17) is 5.11 Å². The molecule has 0 fully saturated rings. The lowest BCUT2D eigenvalue weighted by Crippen LogP contribution is -2.19. The summed E-state index contributed by atoms with van der Waals surface area (Å²) in [6.07, 6.45) is -4.62. The van der Waals surface area contributed by atoms with Crippen LogP contribution in [-0.4, -0.2) is 44.6 Å². The molecule has 0 unspecified atom stereocenters. The Hall–Kier alpha value is -1.61. The number of halogens is 3. The van der Waals surface area contributed by atoms with Crippen molar-refractivity contribution >= 4 is 15.8 Å². The summed E-state index contributed by atoms with van der Waals surface area (Å²) in [5, 5.41) is 8.91. The second kappa shape index (κ2) is 6.90. The number of aromatic carboxylic acids is 1. The van der Waals surface area contributed by atoms with Crippen LogP contribution in [-0.2, 0) is 14.6 Å². The lowest BCUT2D eigenvalue weighted by molar-refractivity contribution is -0.173. The van der Waals surface area contributed by atoms with Crippen LogP contribution in [0, 0.1) is 0 Å². The van der Waals surface area contributed by atoms with Crippen LogP contribution in [0.2, 0.25) is 0 Å². The molecular formula is C12H13F3O5S. The number of carboxylic acids is 1. The summed E-state index contributed by atoms with van der Waals surface area (Å²) in [7, 11) is -3.89. The summed E-state index contributed by atoms with van der Waals surface area (Å²) in [6, 6.07) is 5.05. The van der Waals surface area contributed by atoms with Crippen molar-refractivity contribution in [2.24, 2.45) is 0 Å². The summed E-state index contributed by atoms with van der Waals surface area (Å²) >= 11 is 0. The van der Waals surface area contributed by atoms with E-state index in [1.54, 1.807) is 0 Å². The first-order valence-electron chi connectivity index (χ1n) is 5.83. The molecule has 1 aromatic rings. The summed E-state index contributed by atoms with van der Waals surface area (Å²) in [5.74, 6) is -1.88. The van der Waals surface area contributed by atoms with Gasteiger partial charge in [-0.2, -0.15) is 13.2 Å². The van der Waals surface area contributed by atoms with Gasteiger partial charge in [0.05, 0.1) is 16.2 Å². The number of hydrogen-bond acceptors (Lipinski definition) is 4. The van der Waals surface area contributed by atoms with Gasteiger partial charge < -0.3 is 9.84 Å². The summed E-state index contributed by atoms with van der Waals surface area (Å²) < 4.78 is 63.7. The molecule has 21 heavy (non-hydrogen) atoms. The molecule has 5 nitrogen and oxygen atoms in total. The first kappa shape index (κ1) is 17.4. The average molecular weight is 326 g/mol. The largest absolute Gasteiger partial charge is 0.478 e. The third-order valence-corrected chi connectivity index (χ3v) is 4.27. The van der Waals surface area contributed by atoms with E-state index in [0.29, 0.717) is 0 Å². The summed E-state index contributed by atoms with van der Waals surface area (Å²) in [6.45, 7) is -1.83. The van der Waals surface area contributed by atoms with Crippen LogP contribution in [0.4, 0.5) is 13.2 Å². The van der Waals surface area contributed by atoms with Gasteiger partial charge in [-0.3, -0.25) is 0 Å². The van der Waals surface area contributed by atoms with Gasteiger partial charge in [-0.25, -0.2) is 13.2 Å². The fraction of sp³-hybridized carbons (Fsp3) is 0.417. The standard InChI is InChI=1S/C12H13F3O5S/c13-12(14,15)8-20-6-3-7-21(18,19)10-5-2-1-4-9(10)11(16)17/h1-2,4-5H,3,6-8H2,(H,16,17). The van der Waals surface area contributed by atoms with E-state index in [2.05, 4.69) is 4.74 Å². The quantitative estimate of drug-likeness (QED) is 0.776. The molecule has 1 rings (SSSR count). The predicted molar refractivity (Wildman–Crippen MR) is 66.9 cm³/mol. The van der Waals surface area contributed by atoms with Crippen molar-refractivity contribution < 1.29 is 36.2 Å². The molecular weight excluding hydrogens is 313 g/mol.